The van der Waals surface area contributed by atoms with Crippen molar-refractivity contribution < 1.29 is 26.3 Å². The molecule has 0 nitrogen and oxygen atoms in total. The molecule has 0 N–H and O–H groups in total. The summed E-state index contributed by atoms with van der Waals surface area (Å²) < 4.78 is 89.9. The molecule has 0 radical (unpaired) electrons. The van der Waals surface area contributed by atoms with E-state index in [4.69, 9.17) is 0 Å². The Kier molecular flexibility index (Phi) is 8.07. The number of hydrogen-bond donors (Lipinski definition) is 0. The Bertz CT molecular complexity index is 1960. The summed E-state index contributed by atoms with van der Waals surface area (Å²) in [6, 6.07) is 29.5. The molecule has 0 aromatic heterocycles. The van der Waals surface area contributed by atoms with E-state index in [2.05, 4.69) is 0 Å². The monoisotopic (exact) mass is 622 g/mol. The molecule has 0 heterocycles. The summed E-state index contributed by atoms with van der Waals surface area (Å²) in [5.41, 5.74) is 0.902. The predicted molar refractivity (Wildman–Crippen MR) is 177 cm³/mol. The van der Waals surface area contributed by atoms with E-state index in [-0.39, 0.29) is 21.9 Å². The van der Waals surface area contributed by atoms with E-state index >= 15 is 0 Å². The smallest absolute Gasteiger partial charge is 0.166 e. The van der Waals surface area contributed by atoms with E-state index in [1.54, 1.807) is 60.7 Å². The topological polar surface area (TPSA) is 0 Å². The third-order valence-corrected chi connectivity index (χ3v) is 8.08. The second kappa shape index (κ2) is 12.0. The van der Waals surface area contributed by atoms with Crippen molar-refractivity contribution in [3.8, 4) is 11.1 Å². The molecular formula is C40H28F6. The van der Waals surface area contributed by atoms with Gasteiger partial charge in [-0.25, -0.2) is 0 Å². The summed E-state index contributed by atoms with van der Waals surface area (Å²) in [5.74, 6) is 0. The Morgan fingerprint density at radius 3 is 1.07 bits per heavy atom. The van der Waals surface area contributed by atoms with Crippen molar-refractivity contribution in [3.05, 3.63) is 154 Å². The molecule has 0 atom stereocenters. The number of aryl methyl sites for hydroxylation is 2. The first-order valence-electron chi connectivity index (χ1n) is 14.7. The van der Waals surface area contributed by atoms with Crippen molar-refractivity contribution in [3.63, 3.8) is 0 Å². The zero-order valence-corrected chi connectivity index (χ0v) is 25.0. The number of hydrogen-bond acceptors (Lipinski definition) is 0. The average molecular weight is 623 g/mol. The maximum Gasteiger partial charge on any atom is 0.417 e. The van der Waals surface area contributed by atoms with Crippen LogP contribution in [-0.2, 0) is 12.4 Å². The van der Waals surface area contributed by atoms with Crippen molar-refractivity contribution in [2.45, 2.75) is 26.2 Å². The van der Waals surface area contributed by atoms with Gasteiger partial charge in [-0.1, -0.05) is 132 Å². The number of rotatable bonds is 5. The molecule has 46 heavy (non-hydrogen) atoms. The lowest BCUT2D eigenvalue weighted by molar-refractivity contribution is -0.139. The van der Waals surface area contributed by atoms with Crippen LogP contribution in [0.15, 0.2) is 109 Å². The maximum atomic E-state index is 15.0. The Morgan fingerprint density at radius 2 is 0.739 bits per heavy atom. The summed E-state index contributed by atoms with van der Waals surface area (Å²) in [6.07, 6.45) is -3.33. The second-order valence-electron chi connectivity index (χ2n) is 11.4. The normalized spacial score (nSPS) is 12.6. The van der Waals surface area contributed by atoms with E-state index in [1.807, 2.05) is 62.4 Å². The Hall–Kier alpha value is -5.10. The zero-order valence-electron chi connectivity index (χ0n) is 25.0. The van der Waals surface area contributed by atoms with Gasteiger partial charge in [-0.2, -0.15) is 26.3 Å². The lowest BCUT2D eigenvalue weighted by Crippen LogP contribution is -2.13. The standard InChI is InChI=1S/C40H28F6/c1-25-11-15-27(16-12-25)19-21-29-23-35(39(41,42)43)37(33-9-5-3-7-31(29)33)38-34-10-6-4-8-32(34)30(24-36(38)40(44,45)46)22-20-28-17-13-26(2)14-18-28/h3-24H,1-2H3/b21-19+,22-20+. The second-order valence-corrected chi connectivity index (χ2v) is 11.4. The Morgan fingerprint density at radius 1 is 0.413 bits per heavy atom. The van der Waals surface area contributed by atoms with Gasteiger partial charge >= 0.3 is 12.4 Å². The predicted octanol–water partition coefficient (Wildman–Crippen LogP) is 12.7. The van der Waals surface area contributed by atoms with Gasteiger partial charge in [-0.05, 0) is 69.8 Å². The van der Waals surface area contributed by atoms with Crippen molar-refractivity contribution in [1.82, 2.24) is 0 Å². The van der Waals surface area contributed by atoms with Crippen molar-refractivity contribution >= 4 is 45.8 Å². The fourth-order valence-electron chi connectivity index (χ4n) is 5.80. The van der Waals surface area contributed by atoms with Gasteiger partial charge in [0.1, 0.15) is 0 Å². The molecule has 0 aliphatic heterocycles. The molecule has 0 fully saturated rings. The van der Waals surface area contributed by atoms with E-state index in [1.165, 1.54) is 12.1 Å². The van der Waals surface area contributed by atoms with Crippen LogP contribution >= 0.6 is 0 Å². The van der Waals surface area contributed by atoms with E-state index < -0.39 is 34.6 Å². The number of benzene rings is 6. The first-order chi connectivity index (χ1) is 21.9. The minimum Gasteiger partial charge on any atom is -0.166 e. The summed E-state index contributed by atoms with van der Waals surface area (Å²) in [7, 11) is 0. The van der Waals surface area contributed by atoms with Gasteiger partial charge in [-0.3, -0.25) is 0 Å². The quantitative estimate of drug-likeness (QED) is 0.133. The number of fused-ring (bicyclic) bond motifs is 2. The molecule has 0 spiro atoms. The van der Waals surface area contributed by atoms with Gasteiger partial charge in [-0.15, -0.1) is 0 Å². The van der Waals surface area contributed by atoms with Gasteiger partial charge in [0, 0.05) is 11.1 Å². The lowest BCUT2D eigenvalue weighted by atomic mass is 9.83. The van der Waals surface area contributed by atoms with Gasteiger partial charge < -0.3 is 0 Å². The molecule has 230 valence electrons. The molecule has 0 aliphatic rings. The third kappa shape index (κ3) is 6.20. The molecule has 0 saturated heterocycles. The molecule has 6 aromatic rings. The van der Waals surface area contributed by atoms with Gasteiger partial charge in [0.15, 0.2) is 0 Å². The van der Waals surface area contributed by atoms with E-state index in [9.17, 15) is 26.3 Å². The lowest BCUT2D eigenvalue weighted by Gasteiger charge is -2.23. The minimum atomic E-state index is -4.94. The minimum absolute atomic E-state index is 0.0829. The summed E-state index contributed by atoms with van der Waals surface area (Å²) >= 11 is 0. The van der Waals surface area contributed by atoms with Gasteiger partial charge in [0.05, 0.1) is 11.1 Å². The molecular weight excluding hydrogens is 594 g/mol. The van der Waals surface area contributed by atoms with Crippen LogP contribution in [0, 0.1) is 13.8 Å². The molecule has 0 amide bonds. The molecule has 6 heteroatoms. The fraction of sp³-hybridized carbons (Fsp3) is 0.100. The molecule has 0 saturated carbocycles. The van der Waals surface area contributed by atoms with Crippen LogP contribution in [0.3, 0.4) is 0 Å². The fourth-order valence-corrected chi connectivity index (χ4v) is 5.80. The van der Waals surface area contributed by atoms with Gasteiger partial charge in [0.2, 0.25) is 0 Å². The van der Waals surface area contributed by atoms with Crippen LogP contribution in [0.5, 0.6) is 0 Å². The largest absolute Gasteiger partial charge is 0.417 e. The highest BCUT2D eigenvalue weighted by atomic mass is 19.4. The molecule has 6 rings (SSSR count). The third-order valence-electron chi connectivity index (χ3n) is 8.08. The van der Waals surface area contributed by atoms with Crippen LogP contribution in [-0.4, -0.2) is 0 Å². The number of halogens is 6. The Balaban J connectivity index is 1.66. The average Bonchev–Trinajstić information content (AvgIpc) is 3.02. The molecule has 0 unspecified atom stereocenters. The van der Waals surface area contributed by atoms with Crippen molar-refractivity contribution in [2.75, 3.05) is 0 Å². The maximum absolute atomic E-state index is 15.0. The van der Waals surface area contributed by atoms with Gasteiger partial charge in [0.25, 0.3) is 0 Å². The molecule has 0 bridgehead atoms. The Labute approximate surface area is 262 Å². The molecule has 6 aromatic carbocycles. The van der Waals surface area contributed by atoms with Crippen molar-refractivity contribution in [1.29, 1.82) is 0 Å². The van der Waals surface area contributed by atoms with Crippen LogP contribution in [0.2, 0.25) is 0 Å². The first kappa shape index (κ1) is 30.9. The van der Waals surface area contributed by atoms with Crippen molar-refractivity contribution in [2.24, 2.45) is 0 Å². The van der Waals surface area contributed by atoms with Crippen LogP contribution < -0.4 is 0 Å². The number of alkyl halides is 6. The zero-order chi connectivity index (χ0) is 32.6. The van der Waals surface area contributed by atoms with E-state index in [0.717, 1.165) is 34.4 Å². The summed E-state index contributed by atoms with van der Waals surface area (Å²) in [5, 5.41) is 0.989. The van der Waals surface area contributed by atoms with Crippen LogP contribution in [0.1, 0.15) is 44.5 Å². The first-order valence-corrected chi connectivity index (χ1v) is 14.7. The highest BCUT2D eigenvalue weighted by molar-refractivity contribution is 6.12. The van der Waals surface area contributed by atoms with E-state index in [0.29, 0.717) is 10.8 Å². The summed E-state index contributed by atoms with van der Waals surface area (Å²) in [6.45, 7) is 3.86. The van der Waals surface area contributed by atoms with Crippen LogP contribution in [0.25, 0.3) is 57.0 Å². The highest BCUT2D eigenvalue weighted by Crippen LogP contribution is 2.50. The SMILES string of the molecule is Cc1ccc(/C=C/c2cc(C(F)(F)F)c(-c3c(C(F)(F)F)cc(/C=C/c4ccc(C)cc4)c4ccccc34)c3ccccc23)cc1. The summed E-state index contributed by atoms with van der Waals surface area (Å²) in [4.78, 5) is 0. The highest BCUT2D eigenvalue weighted by Gasteiger charge is 2.40. The van der Waals surface area contributed by atoms with Crippen LogP contribution in [0.4, 0.5) is 26.3 Å². The molecule has 0 aliphatic carbocycles.